The van der Waals surface area contributed by atoms with Crippen LogP contribution >= 0.6 is 11.6 Å². The van der Waals surface area contributed by atoms with Crippen molar-refractivity contribution < 1.29 is 14.6 Å². The van der Waals surface area contributed by atoms with Crippen LogP contribution in [0.1, 0.15) is 28.7 Å². The predicted octanol–water partition coefficient (Wildman–Crippen LogP) is 7.99. The van der Waals surface area contributed by atoms with E-state index in [-0.39, 0.29) is 17.1 Å². The molecule has 172 valence electrons. The molecule has 0 atom stereocenters. The van der Waals surface area contributed by atoms with Crippen LogP contribution in [0.25, 0.3) is 21.9 Å². The molecular formula is C31H22ClFO2. The Labute approximate surface area is 207 Å². The minimum Gasteiger partial charge on any atom is -0.508 e. The Balaban J connectivity index is 1.77. The van der Waals surface area contributed by atoms with Crippen LogP contribution < -0.4 is 0 Å². The van der Waals surface area contributed by atoms with E-state index in [2.05, 4.69) is 24.3 Å². The Morgan fingerprint density at radius 3 is 2.03 bits per heavy atom. The van der Waals surface area contributed by atoms with Gasteiger partial charge in [0.05, 0.1) is 0 Å². The monoisotopic (exact) mass is 480 g/mol. The predicted molar refractivity (Wildman–Crippen MR) is 139 cm³/mol. The number of phenols is 2. The Morgan fingerprint density at radius 1 is 0.743 bits per heavy atom. The van der Waals surface area contributed by atoms with Gasteiger partial charge in [-0.15, -0.1) is 0 Å². The summed E-state index contributed by atoms with van der Waals surface area (Å²) in [5, 5.41) is 24.1. The van der Waals surface area contributed by atoms with Crippen molar-refractivity contribution in [2.45, 2.75) is 18.3 Å². The molecule has 4 heteroatoms. The molecule has 0 fully saturated rings. The molecule has 2 nitrogen and oxygen atoms in total. The van der Waals surface area contributed by atoms with E-state index in [1.807, 2.05) is 36.4 Å². The van der Waals surface area contributed by atoms with Crippen molar-refractivity contribution in [1.29, 1.82) is 0 Å². The van der Waals surface area contributed by atoms with Crippen LogP contribution in [0.2, 0.25) is 5.02 Å². The zero-order chi connectivity index (χ0) is 24.2. The Bertz CT molecular complexity index is 1540. The van der Waals surface area contributed by atoms with E-state index in [0.29, 0.717) is 22.4 Å². The van der Waals surface area contributed by atoms with Crippen LogP contribution in [-0.4, -0.2) is 10.2 Å². The van der Waals surface area contributed by atoms with E-state index in [1.54, 1.807) is 30.3 Å². The largest absolute Gasteiger partial charge is 0.508 e. The summed E-state index contributed by atoms with van der Waals surface area (Å²) < 4.78 is 15.1. The number of rotatable bonds is 3. The van der Waals surface area contributed by atoms with Gasteiger partial charge in [-0.3, -0.25) is 0 Å². The molecule has 0 heterocycles. The second-order valence-electron chi connectivity index (χ2n) is 9.07. The summed E-state index contributed by atoms with van der Waals surface area (Å²) in [6.07, 6.45) is 1.35. The van der Waals surface area contributed by atoms with Gasteiger partial charge in [-0.2, -0.15) is 0 Å². The Hall–Kier alpha value is -3.82. The normalized spacial score (nSPS) is 14.2. The summed E-state index contributed by atoms with van der Waals surface area (Å²) >= 11 is 6.00. The third-order valence-corrected chi connectivity index (χ3v) is 7.54. The average molecular weight is 481 g/mol. The Morgan fingerprint density at radius 2 is 1.40 bits per heavy atom. The van der Waals surface area contributed by atoms with Gasteiger partial charge < -0.3 is 10.2 Å². The van der Waals surface area contributed by atoms with Crippen molar-refractivity contribution in [1.82, 2.24) is 0 Å². The molecule has 6 rings (SSSR count). The molecule has 35 heavy (non-hydrogen) atoms. The second-order valence-corrected chi connectivity index (χ2v) is 9.50. The molecule has 0 amide bonds. The van der Waals surface area contributed by atoms with Crippen LogP contribution in [0.15, 0.2) is 97.1 Å². The first-order valence-electron chi connectivity index (χ1n) is 11.6. The van der Waals surface area contributed by atoms with Gasteiger partial charge in [0.15, 0.2) is 0 Å². The van der Waals surface area contributed by atoms with E-state index in [4.69, 9.17) is 11.6 Å². The molecule has 0 saturated carbocycles. The van der Waals surface area contributed by atoms with Crippen molar-refractivity contribution in [3.8, 4) is 22.6 Å². The SMILES string of the molecule is Oc1cc2c3c(c(O)ccc3c1-c1ccc(Cl)cc1F)CCC2(c1ccccc1)c1ccccc1. The first-order chi connectivity index (χ1) is 17.0. The van der Waals surface area contributed by atoms with Gasteiger partial charge in [-0.05, 0) is 76.7 Å². The number of aryl methyl sites for hydroxylation is 1. The summed E-state index contributed by atoms with van der Waals surface area (Å²) in [6.45, 7) is 0. The van der Waals surface area contributed by atoms with Crippen LogP contribution in [0.3, 0.4) is 0 Å². The Kier molecular flexibility index (Phi) is 5.05. The molecule has 1 aliphatic rings. The maximum absolute atomic E-state index is 15.1. The number of benzene rings is 5. The summed E-state index contributed by atoms with van der Waals surface area (Å²) in [4.78, 5) is 0. The fraction of sp³-hybridized carbons (Fsp3) is 0.0968. The quantitative estimate of drug-likeness (QED) is 0.274. The van der Waals surface area contributed by atoms with Gasteiger partial charge in [0.2, 0.25) is 0 Å². The summed E-state index contributed by atoms with van der Waals surface area (Å²) in [6, 6.07) is 30.1. The van der Waals surface area contributed by atoms with Crippen molar-refractivity contribution in [2.24, 2.45) is 0 Å². The highest BCUT2D eigenvalue weighted by Crippen LogP contribution is 2.54. The molecule has 2 N–H and O–H groups in total. The van der Waals surface area contributed by atoms with Gasteiger partial charge in [0, 0.05) is 27.1 Å². The zero-order valence-electron chi connectivity index (χ0n) is 18.8. The molecule has 0 aromatic heterocycles. The van der Waals surface area contributed by atoms with E-state index in [1.165, 1.54) is 6.07 Å². The number of phenolic OH excluding ortho intramolecular Hbond substituents is 2. The number of hydrogen-bond acceptors (Lipinski definition) is 2. The van der Waals surface area contributed by atoms with Crippen LogP contribution in [-0.2, 0) is 11.8 Å². The van der Waals surface area contributed by atoms with Gasteiger partial charge in [0.1, 0.15) is 17.3 Å². The van der Waals surface area contributed by atoms with Gasteiger partial charge in [-0.25, -0.2) is 4.39 Å². The third kappa shape index (κ3) is 3.23. The molecule has 0 spiro atoms. The summed E-state index contributed by atoms with van der Waals surface area (Å²) in [5.74, 6) is -0.309. The second kappa shape index (κ2) is 8.14. The smallest absolute Gasteiger partial charge is 0.132 e. The molecule has 5 aromatic carbocycles. The van der Waals surface area contributed by atoms with E-state index in [9.17, 15) is 10.2 Å². The fourth-order valence-electron chi connectivity index (χ4n) is 5.80. The lowest BCUT2D eigenvalue weighted by Crippen LogP contribution is -2.33. The first-order valence-corrected chi connectivity index (χ1v) is 12.0. The molecule has 0 radical (unpaired) electrons. The standard InChI is InChI=1S/C31H22ClFO2/c32-21-11-12-22(26(33)17-21)30-24-13-14-27(34)23-15-16-31(19-7-3-1-4-8-19,20-9-5-2-6-10-20)25(29(23)24)18-28(30)35/h1-14,17-18,34-35H,15-16H2. The van der Waals surface area contributed by atoms with E-state index < -0.39 is 11.2 Å². The zero-order valence-corrected chi connectivity index (χ0v) is 19.6. The lowest BCUT2D eigenvalue weighted by molar-refractivity contribution is 0.456. The minimum absolute atomic E-state index is 0.0106. The number of hydrogen-bond donors (Lipinski definition) is 2. The average Bonchev–Trinajstić information content (AvgIpc) is 2.88. The lowest BCUT2D eigenvalue weighted by atomic mass is 9.61. The third-order valence-electron chi connectivity index (χ3n) is 7.31. The number of halogens is 2. The topological polar surface area (TPSA) is 40.5 Å². The van der Waals surface area contributed by atoms with Crippen molar-refractivity contribution in [3.05, 3.63) is 130 Å². The van der Waals surface area contributed by atoms with Gasteiger partial charge >= 0.3 is 0 Å². The van der Waals surface area contributed by atoms with Gasteiger partial charge in [-0.1, -0.05) is 72.3 Å². The molecular weight excluding hydrogens is 459 g/mol. The summed E-state index contributed by atoms with van der Waals surface area (Å²) in [7, 11) is 0. The number of aromatic hydroxyl groups is 2. The highest BCUT2D eigenvalue weighted by Gasteiger charge is 2.42. The fourth-order valence-corrected chi connectivity index (χ4v) is 5.95. The molecule has 0 saturated heterocycles. The van der Waals surface area contributed by atoms with Crippen LogP contribution in [0, 0.1) is 5.82 Å². The maximum Gasteiger partial charge on any atom is 0.132 e. The highest BCUT2D eigenvalue weighted by atomic mass is 35.5. The summed E-state index contributed by atoms with van der Waals surface area (Å²) in [5.41, 5.74) is 4.04. The van der Waals surface area contributed by atoms with Crippen molar-refractivity contribution in [3.63, 3.8) is 0 Å². The van der Waals surface area contributed by atoms with Crippen molar-refractivity contribution >= 4 is 22.4 Å². The lowest BCUT2D eigenvalue weighted by Gasteiger charge is -2.41. The van der Waals surface area contributed by atoms with Crippen molar-refractivity contribution in [2.75, 3.05) is 0 Å². The molecule has 0 bridgehead atoms. The van der Waals surface area contributed by atoms with E-state index in [0.717, 1.165) is 34.1 Å². The van der Waals surface area contributed by atoms with Crippen LogP contribution in [0.5, 0.6) is 11.5 Å². The maximum atomic E-state index is 15.1. The minimum atomic E-state index is -0.546. The molecule has 0 aliphatic heterocycles. The van der Waals surface area contributed by atoms with Gasteiger partial charge in [0.25, 0.3) is 0 Å². The highest BCUT2D eigenvalue weighted by molar-refractivity contribution is 6.30. The molecule has 5 aromatic rings. The van der Waals surface area contributed by atoms with Crippen LogP contribution in [0.4, 0.5) is 4.39 Å². The van der Waals surface area contributed by atoms with E-state index >= 15 is 4.39 Å². The first kappa shape index (κ1) is 21.7. The molecule has 0 unspecified atom stereocenters. The molecule has 1 aliphatic carbocycles.